The summed E-state index contributed by atoms with van der Waals surface area (Å²) in [5.74, 6) is 0. The van der Waals surface area contributed by atoms with E-state index in [4.69, 9.17) is 10.5 Å². The largest absolute Gasteiger partial charge is 0.380 e. The van der Waals surface area contributed by atoms with Gasteiger partial charge in [0.15, 0.2) is 0 Å². The molecule has 114 valence electrons. The van der Waals surface area contributed by atoms with Gasteiger partial charge in [0, 0.05) is 25.7 Å². The number of hydrogen-bond acceptors (Lipinski definition) is 3. The summed E-state index contributed by atoms with van der Waals surface area (Å²) in [5, 5.41) is 0. The summed E-state index contributed by atoms with van der Waals surface area (Å²) < 4.78 is 5.21. The van der Waals surface area contributed by atoms with E-state index in [1.54, 1.807) is 7.11 Å². The SMILES string of the molecule is COCc1cccc(C(CN)N(C)C(C)C(C)(C)C)c1. The lowest BCUT2D eigenvalue weighted by Gasteiger charge is -2.40. The van der Waals surface area contributed by atoms with Gasteiger partial charge in [0.25, 0.3) is 0 Å². The van der Waals surface area contributed by atoms with Crippen LogP contribution in [-0.4, -0.2) is 31.6 Å². The lowest BCUT2D eigenvalue weighted by Crippen LogP contribution is -2.43. The molecule has 0 heterocycles. The third-order valence-electron chi connectivity index (χ3n) is 4.23. The number of nitrogens with zero attached hydrogens (tertiary/aromatic N) is 1. The molecule has 2 atom stereocenters. The van der Waals surface area contributed by atoms with Gasteiger partial charge in [-0.05, 0) is 30.5 Å². The van der Waals surface area contributed by atoms with Crippen molar-refractivity contribution in [3.8, 4) is 0 Å². The maximum atomic E-state index is 6.04. The number of benzene rings is 1. The molecule has 20 heavy (non-hydrogen) atoms. The molecule has 0 aliphatic carbocycles. The van der Waals surface area contributed by atoms with Crippen LogP contribution in [0.15, 0.2) is 24.3 Å². The fourth-order valence-electron chi connectivity index (χ4n) is 2.48. The molecule has 0 spiro atoms. The lowest BCUT2D eigenvalue weighted by molar-refractivity contribution is 0.0999. The molecule has 0 radical (unpaired) electrons. The Morgan fingerprint density at radius 3 is 2.45 bits per heavy atom. The molecule has 0 aromatic heterocycles. The molecule has 0 amide bonds. The topological polar surface area (TPSA) is 38.5 Å². The molecule has 1 aromatic rings. The van der Waals surface area contributed by atoms with Gasteiger partial charge in [0.1, 0.15) is 0 Å². The molecule has 3 nitrogen and oxygen atoms in total. The van der Waals surface area contributed by atoms with Gasteiger partial charge in [-0.15, -0.1) is 0 Å². The van der Waals surface area contributed by atoms with Gasteiger partial charge in [0.05, 0.1) is 6.61 Å². The molecule has 0 fully saturated rings. The highest BCUT2D eigenvalue weighted by Gasteiger charge is 2.28. The average molecular weight is 278 g/mol. The number of rotatable bonds is 6. The first-order valence-electron chi connectivity index (χ1n) is 7.31. The molecule has 1 rings (SSSR count). The highest BCUT2D eigenvalue weighted by molar-refractivity contribution is 5.26. The van der Waals surface area contributed by atoms with E-state index in [9.17, 15) is 0 Å². The Hall–Kier alpha value is -0.900. The molecule has 0 bridgehead atoms. The molecule has 2 N–H and O–H groups in total. The van der Waals surface area contributed by atoms with Crippen molar-refractivity contribution in [3.63, 3.8) is 0 Å². The van der Waals surface area contributed by atoms with Crippen molar-refractivity contribution >= 4 is 0 Å². The maximum Gasteiger partial charge on any atom is 0.0713 e. The van der Waals surface area contributed by atoms with Crippen LogP contribution in [0.5, 0.6) is 0 Å². The maximum absolute atomic E-state index is 6.04. The summed E-state index contributed by atoms with van der Waals surface area (Å²) in [7, 11) is 3.89. The Morgan fingerprint density at radius 2 is 1.95 bits per heavy atom. The highest BCUT2D eigenvalue weighted by Crippen LogP contribution is 2.29. The first-order chi connectivity index (χ1) is 9.31. The van der Waals surface area contributed by atoms with Gasteiger partial charge < -0.3 is 10.5 Å². The Bertz CT molecular complexity index is 412. The van der Waals surface area contributed by atoms with Crippen molar-refractivity contribution in [2.24, 2.45) is 11.1 Å². The van der Waals surface area contributed by atoms with Crippen molar-refractivity contribution in [1.29, 1.82) is 0 Å². The van der Waals surface area contributed by atoms with E-state index in [0.29, 0.717) is 19.2 Å². The average Bonchev–Trinajstić information content (AvgIpc) is 2.38. The van der Waals surface area contributed by atoms with Gasteiger partial charge >= 0.3 is 0 Å². The van der Waals surface area contributed by atoms with Crippen LogP contribution in [0.4, 0.5) is 0 Å². The van der Waals surface area contributed by atoms with Gasteiger partial charge in [-0.3, -0.25) is 4.90 Å². The minimum atomic E-state index is 0.228. The zero-order valence-electron chi connectivity index (χ0n) is 13.8. The molecule has 0 saturated heterocycles. The van der Waals surface area contributed by atoms with Crippen molar-refractivity contribution in [1.82, 2.24) is 4.90 Å². The molecule has 2 unspecified atom stereocenters. The Balaban J connectivity index is 2.98. The Kier molecular flexibility index (Phi) is 6.18. The Labute approximate surface area is 124 Å². The molecule has 0 aliphatic rings. The van der Waals surface area contributed by atoms with Gasteiger partial charge in [-0.25, -0.2) is 0 Å². The molecule has 0 aliphatic heterocycles. The molecular weight excluding hydrogens is 248 g/mol. The van der Waals surface area contributed by atoms with Crippen molar-refractivity contribution < 1.29 is 4.74 Å². The second-order valence-electron chi connectivity index (χ2n) is 6.64. The minimum Gasteiger partial charge on any atom is -0.380 e. The Morgan fingerprint density at radius 1 is 1.30 bits per heavy atom. The van der Waals surface area contributed by atoms with Crippen molar-refractivity contribution in [2.45, 2.75) is 46.4 Å². The van der Waals surface area contributed by atoms with Gasteiger partial charge in [0.2, 0.25) is 0 Å². The molecule has 0 saturated carbocycles. The predicted octanol–water partition coefficient (Wildman–Crippen LogP) is 3.20. The highest BCUT2D eigenvalue weighted by atomic mass is 16.5. The summed E-state index contributed by atoms with van der Waals surface area (Å²) in [4.78, 5) is 2.38. The van der Waals surface area contributed by atoms with Gasteiger partial charge in [-0.1, -0.05) is 45.0 Å². The summed E-state index contributed by atoms with van der Waals surface area (Å²) >= 11 is 0. The first kappa shape index (κ1) is 17.2. The van der Waals surface area contributed by atoms with E-state index in [1.807, 2.05) is 0 Å². The van der Waals surface area contributed by atoms with Crippen LogP contribution < -0.4 is 5.73 Å². The monoisotopic (exact) mass is 278 g/mol. The van der Waals surface area contributed by atoms with E-state index in [1.165, 1.54) is 11.1 Å². The van der Waals surface area contributed by atoms with Crippen LogP contribution in [0.3, 0.4) is 0 Å². The van der Waals surface area contributed by atoms with Crippen LogP contribution in [0, 0.1) is 5.41 Å². The van der Waals surface area contributed by atoms with E-state index in [2.05, 4.69) is 63.9 Å². The van der Waals surface area contributed by atoms with Crippen LogP contribution in [0.2, 0.25) is 0 Å². The fourth-order valence-corrected chi connectivity index (χ4v) is 2.48. The second kappa shape index (κ2) is 7.21. The van der Waals surface area contributed by atoms with Crippen LogP contribution in [0.25, 0.3) is 0 Å². The minimum absolute atomic E-state index is 0.228. The zero-order valence-corrected chi connectivity index (χ0v) is 13.8. The molecule has 3 heteroatoms. The molecular formula is C17H30N2O. The number of hydrogen-bond donors (Lipinski definition) is 1. The molecule has 1 aromatic carbocycles. The van der Waals surface area contributed by atoms with E-state index in [-0.39, 0.29) is 11.5 Å². The summed E-state index contributed by atoms with van der Waals surface area (Å²) in [6.07, 6.45) is 0. The summed E-state index contributed by atoms with van der Waals surface area (Å²) in [6, 6.07) is 9.22. The zero-order chi connectivity index (χ0) is 15.3. The van der Waals surface area contributed by atoms with Crippen LogP contribution >= 0.6 is 0 Å². The fraction of sp³-hybridized carbons (Fsp3) is 0.647. The standard InChI is InChI=1S/C17H30N2O/c1-13(17(2,3)4)19(5)16(11-18)15-9-7-8-14(10-15)12-20-6/h7-10,13,16H,11-12,18H2,1-6H3. The normalized spacial score (nSPS) is 15.4. The smallest absolute Gasteiger partial charge is 0.0713 e. The lowest BCUT2D eigenvalue weighted by atomic mass is 9.85. The van der Waals surface area contributed by atoms with Crippen LogP contribution in [-0.2, 0) is 11.3 Å². The van der Waals surface area contributed by atoms with Crippen molar-refractivity contribution in [2.75, 3.05) is 20.7 Å². The number of likely N-dealkylation sites (N-methyl/N-ethyl adjacent to an activating group) is 1. The van der Waals surface area contributed by atoms with E-state index >= 15 is 0 Å². The number of ether oxygens (including phenoxy) is 1. The van der Waals surface area contributed by atoms with Crippen molar-refractivity contribution in [3.05, 3.63) is 35.4 Å². The van der Waals surface area contributed by atoms with E-state index < -0.39 is 0 Å². The quantitative estimate of drug-likeness (QED) is 0.868. The third kappa shape index (κ3) is 4.30. The summed E-state index contributed by atoms with van der Waals surface area (Å²) in [6.45, 7) is 10.3. The number of methoxy groups -OCH3 is 1. The van der Waals surface area contributed by atoms with Crippen LogP contribution in [0.1, 0.15) is 44.9 Å². The third-order valence-corrected chi connectivity index (χ3v) is 4.23. The van der Waals surface area contributed by atoms with Gasteiger partial charge in [-0.2, -0.15) is 0 Å². The first-order valence-corrected chi connectivity index (χ1v) is 7.31. The number of nitrogens with two attached hydrogens (primary N) is 1. The summed E-state index contributed by atoms with van der Waals surface area (Å²) in [5.41, 5.74) is 8.73. The van der Waals surface area contributed by atoms with E-state index in [0.717, 1.165) is 0 Å². The predicted molar refractivity (Wildman–Crippen MR) is 85.6 cm³/mol. The second-order valence-corrected chi connectivity index (χ2v) is 6.64.